The molecule has 1 aromatic carbocycles. The maximum absolute atomic E-state index is 11.0. The number of nitrogens with zero attached hydrogens (tertiary/aromatic N) is 1. The number of hydrogen-bond donors (Lipinski definition) is 2. The Labute approximate surface area is 114 Å². The number of hydrogen-bond acceptors (Lipinski definition) is 4. The lowest BCUT2D eigenvalue weighted by Crippen LogP contribution is -2.40. The quantitative estimate of drug-likeness (QED) is 0.725. The van der Waals surface area contributed by atoms with Crippen LogP contribution in [0.25, 0.3) is 0 Å². The second-order valence-electron chi connectivity index (χ2n) is 4.69. The van der Waals surface area contributed by atoms with E-state index in [0.717, 1.165) is 11.3 Å². The molecule has 0 saturated heterocycles. The van der Waals surface area contributed by atoms with E-state index in [9.17, 15) is 4.79 Å². The first-order chi connectivity index (χ1) is 9.04. The zero-order valence-electron chi connectivity index (χ0n) is 11.6. The Morgan fingerprint density at radius 3 is 2.63 bits per heavy atom. The smallest absolute Gasteiger partial charge is 0.231 e. The highest BCUT2D eigenvalue weighted by Gasteiger charge is 2.12. The maximum atomic E-state index is 11.0. The molecule has 106 valence electrons. The van der Waals surface area contributed by atoms with Crippen molar-refractivity contribution in [1.82, 2.24) is 4.90 Å². The van der Waals surface area contributed by atoms with E-state index >= 15 is 0 Å². The fourth-order valence-electron chi connectivity index (χ4n) is 1.81. The van der Waals surface area contributed by atoms with Crippen LogP contribution in [0.15, 0.2) is 24.3 Å². The number of para-hydroxylation sites is 1. The molecule has 0 spiro atoms. The van der Waals surface area contributed by atoms with Crippen molar-refractivity contribution in [2.45, 2.75) is 26.4 Å². The summed E-state index contributed by atoms with van der Waals surface area (Å²) in [6.07, 6.45) is 0. The first kappa shape index (κ1) is 15.5. The van der Waals surface area contributed by atoms with E-state index in [1.807, 2.05) is 43.0 Å². The van der Waals surface area contributed by atoms with Crippen molar-refractivity contribution in [2.75, 3.05) is 19.7 Å². The summed E-state index contributed by atoms with van der Waals surface area (Å²) in [6.45, 7) is 5.90. The highest BCUT2D eigenvalue weighted by molar-refractivity contribution is 5.75. The minimum atomic E-state index is -0.323. The van der Waals surface area contributed by atoms with Crippen LogP contribution in [0.2, 0.25) is 0 Å². The van der Waals surface area contributed by atoms with Gasteiger partial charge in [0.2, 0.25) is 5.91 Å². The Morgan fingerprint density at radius 1 is 1.37 bits per heavy atom. The standard InChI is InChI=1S/C14H23N3O2/c1-11(2)17(10-14(16)18)7-8-19-13-6-4-3-5-12(13)9-15/h3-6,11H,7-10,15H2,1-2H3,(H2,16,18). The molecule has 0 aliphatic carbocycles. The van der Waals surface area contributed by atoms with Gasteiger partial charge >= 0.3 is 0 Å². The Kier molecular flexibility index (Phi) is 6.32. The molecule has 0 aliphatic heterocycles. The lowest BCUT2D eigenvalue weighted by Gasteiger charge is -2.25. The molecule has 0 atom stereocenters. The third-order valence-corrected chi connectivity index (χ3v) is 2.92. The lowest BCUT2D eigenvalue weighted by molar-refractivity contribution is -0.119. The molecule has 0 bridgehead atoms. The maximum Gasteiger partial charge on any atom is 0.231 e. The number of primary amides is 1. The van der Waals surface area contributed by atoms with Crippen LogP contribution in [0.3, 0.4) is 0 Å². The molecular weight excluding hydrogens is 242 g/mol. The van der Waals surface area contributed by atoms with Crippen molar-refractivity contribution in [2.24, 2.45) is 11.5 Å². The van der Waals surface area contributed by atoms with Gasteiger partial charge in [0.1, 0.15) is 12.4 Å². The molecule has 0 heterocycles. The number of ether oxygens (including phenoxy) is 1. The van der Waals surface area contributed by atoms with Crippen molar-refractivity contribution >= 4 is 5.91 Å². The molecule has 4 N–H and O–H groups in total. The van der Waals surface area contributed by atoms with Gasteiger partial charge in [-0.1, -0.05) is 18.2 Å². The molecule has 0 aliphatic rings. The fourth-order valence-corrected chi connectivity index (χ4v) is 1.81. The molecule has 0 radical (unpaired) electrons. The number of carbonyl (C=O) groups is 1. The predicted octanol–water partition coefficient (Wildman–Crippen LogP) is 0.720. The van der Waals surface area contributed by atoms with E-state index in [-0.39, 0.29) is 18.5 Å². The topological polar surface area (TPSA) is 81.6 Å². The molecule has 1 aromatic rings. The second-order valence-corrected chi connectivity index (χ2v) is 4.69. The van der Waals surface area contributed by atoms with Gasteiger partial charge in [0, 0.05) is 24.7 Å². The molecule has 19 heavy (non-hydrogen) atoms. The Morgan fingerprint density at radius 2 is 2.05 bits per heavy atom. The second kappa shape index (κ2) is 7.76. The molecule has 0 fully saturated rings. The zero-order chi connectivity index (χ0) is 14.3. The summed E-state index contributed by atoms with van der Waals surface area (Å²) in [4.78, 5) is 13.0. The normalized spacial score (nSPS) is 11.0. The summed E-state index contributed by atoms with van der Waals surface area (Å²) in [5.74, 6) is 0.476. The van der Waals surface area contributed by atoms with Crippen LogP contribution < -0.4 is 16.2 Å². The van der Waals surface area contributed by atoms with Crippen molar-refractivity contribution in [3.63, 3.8) is 0 Å². The summed E-state index contributed by atoms with van der Waals surface area (Å²) in [6, 6.07) is 7.94. The summed E-state index contributed by atoms with van der Waals surface area (Å²) >= 11 is 0. The van der Waals surface area contributed by atoms with Gasteiger partial charge in [-0.3, -0.25) is 9.69 Å². The number of nitrogens with two attached hydrogens (primary N) is 2. The average Bonchev–Trinajstić information content (AvgIpc) is 2.37. The largest absolute Gasteiger partial charge is 0.492 e. The average molecular weight is 265 g/mol. The molecule has 1 amide bonds. The summed E-state index contributed by atoms with van der Waals surface area (Å²) in [5, 5.41) is 0. The highest BCUT2D eigenvalue weighted by Crippen LogP contribution is 2.16. The van der Waals surface area contributed by atoms with Crippen molar-refractivity contribution in [3.05, 3.63) is 29.8 Å². The van der Waals surface area contributed by atoms with Crippen LogP contribution in [0.4, 0.5) is 0 Å². The van der Waals surface area contributed by atoms with Crippen molar-refractivity contribution in [1.29, 1.82) is 0 Å². The summed E-state index contributed by atoms with van der Waals surface area (Å²) in [5.41, 5.74) is 11.8. The van der Waals surface area contributed by atoms with E-state index in [2.05, 4.69) is 0 Å². The SMILES string of the molecule is CC(C)N(CCOc1ccccc1CN)CC(N)=O. The number of rotatable bonds is 8. The monoisotopic (exact) mass is 265 g/mol. The van der Waals surface area contributed by atoms with E-state index in [0.29, 0.717) is 19.7 Å². The van der Waals surface area contributed by atoms with Gasteiger partial charge in [-0.15, -0.1) is 0 Å². The minimum absolute atomic E-state index is 0.250. The van der Waals surface area contributed by atoms with Crippen LogP contribution in [-0.2, 0) is 11.3 Å². The van der Waals surface area contributed by atoms with Crippen molar-refractivity contribution in [3.8, 4) is 5.75 Å². The van der Waals surface area contributed by atoms with E-state index < -0.39 is 0 Å². The number of amides is 1. The lowest BCUT2D eigenvalue weighted by atomic mass is 10.2. The van der Waals surface area contributed by atoms with Crippen molar-refractivity contribution < 1.29 is 9.53 Å². The summed E-state index contributed by atoms with van der Waals surface area (Å²) < 4.78 is 5.72. The van der Waals surface area contributed by atoms with Crippen LogP contribution in [0.5, 0.6) is 5.75 Å². The Bertz CT molecular complexity index is 407. The third kappa shape index (κ3) is 5.28. The van der Waals surface area contributed by atoms with Crippen LogP contribution in [0, 0.1) is 0 Å². The summed E-state index contributed by atoms with van der Waals surface area (Å²) in [7, 11) is 0. The first-order valence-corrected chi connectivity index (χ1v) is 6.47. The highest BCUT2D eigenvalue weighted by atomic mass is 16.5. The fraction of sp³-hybridized carbons (Fsp3) is 0.500. The molecule has 1 rings (SSSR count). The van der Waals surface area contributed by atoms with Crippen LogP contribution >= 0.6 is 0 Å². The number of benzene rings is 1. The van der Waals surface area contributed by atoms with E-state index in [1.54, 1.807) is 0 Å². The van der Waals surface area contributed by atoms with Crippen LogP contribution in [-0.4, -0.2) is 36.5 Å². The van der Waals surface area contributed by atoms with E-state index in [1.165, 1.54) is 0 Å². The van der Waals surface area contributed by atoms with Gasteiger partial charge in [0.05, 0.1) is 6.54 Å². The Hall–Kier alpha value is -1.59. The molecule has 5 nitrogen and oxygen atoms in total. The molecule has 0 saturated carbocycles. The number of carbonyl (C=O) groups excluding carboxylic acids is 1. The minimum Gasteiger partial charge on any atom is -0.492 e. The van der Waals surface area contributed by atoms with Gasteiger partial charge in [-0.05, 0) is 19.9 Å². The molecule has 5 heteroatoms. The molecule has 0 unspecified atom stereocenters. The van der Waals surface area contributed by atoms with Gasteiger partial charge in [0.15, 0.2) is 0 Å². The zero-order valence-corrected chi connectivity index (χ0v) is 11.6. The van der Waals surface area contributed by atoms with E-state index in [4.69, 9.17) is 16.2 Å². The van der Waals surface area contributed by atoms with Gasteiger partial charge < -0.3 is 16.2 Å². The third-order valence-electron chi connectivity index (χ3n) is 2.92. The first-order valence-electron chi connectivity index (χ1n) is 6.47. The van der Waals surface area contributed by atoms with Gasteiger partial charge in [-0.2, -0.15) is 0 Å². The Balaban J connectivity index is 2.49. The predicted molar refractivity (Wildman–Crippen MR) is 75.7 cm³/mol. The van der Waals surface area contributed by atoms with Crippen LogP contribution in [0.1, 0.15) is 19.4 Å². The van der Waals surface area contributed by atoms with Gasteiger partial charge in [-0.25, -0.2) is 0 Å². The molecular formula is C14H23N3O2. The molecule has 0 aromatic heterocycles. The van der Waals surface area contributed by atoms with Gasteiger partial charge in [0.25, 0.3) is 0 Å².